The summed E-state index contributed by atoms with van der Waals surface area (Å²) < 4.78 is 4.33. The van der Waals surface area contributed by atoms with Crippen LogP contribution in [0.25, 0.3) is 0 Å². The molecule has 0 N–H and O–H groups in total. The lowest BCUT2D eigenvalue weighted by atomic mass is 10.6. The van der Waals surface area contributed by atoms with Gasteiger partial charge in [0.05, 0.1) is 13.6 Å². The molecule has 0 amide bonds. The number of rotatable bonds is 2. The van der Waals surface area contributed by atoms with E-state index in [0.29, 0.717) is 0 Å². The topological polar surface area (TPSA) is 8.81 Å². The molecule has 56 valence electrons. The van der Waals surface area contributed by atoms with E-state index in [1.165, 1.54) is 5.82 Å². The lowest BCUT2D eigenvalue weighted by molar-refractivity contribution is -0.677. The molecule has 0 bridgehead atoms. The lowest BCUT2D eigenvalue weighted by Gasteiger charge is -1.92. The Balaban J connectivity index is 2.83. The predicted octanol–water partition coefficient (Wildman–Crippen LogP) is 1.02. The number of hydrogen-bond donors (Lipinski definition) is 0. The molecule has 10 heavy (non-hydrogen) atoms. The van der Waals surface area contributed by atoms with E-state index in [9.17, 15) is 0 Å². The van der Waals surface area contributed by atoms with Crippen LogP contribution in [0, 0.1) is 6.92 Å². The molecule has 1 heterocycles. The Kier molecular flexibility index (Phi) is 2.49. The number of nitrogens with zero attached hydrogens (tertiary/aromatic N) is 2. The van der Waals surface area contributed by atoms with Gasteiger partial charge in [-0.05, 0) is 0 Å². The van der Waals surface area contributed by atoms with Gasteiger partial charge in [-0.1, -0.05) is 15.9 Å². The van der Waals surface area contributed by atoms with Crippen molar-refractivity contribution in [2.45, 2.75) is 13.5 Å². The van der Waals surface area contributed by atoms with Gasteiger partial charge in [-0.2, -0.15) is 0 Å². The molecule has 0 fully saturated rings. The number of aromatic nitrogens is 2. The van der Waals surface area contributed by atoms with Crippen LogP contribution >= 0.6 is 15.9 Å². The van der Waals surface area contributed by atoms with Crippen LogP contribution in [-0.2, 0) is 13.6 Å². The zero-order valence-corrected chi connectivity index (χ0v) is 7.93. The highest BCUT2D eigenvalue weighted by Crippen LogP contribution is 1.93. The fraction of sp³-hybridized carbons (Fsp3) is 0.571. The smallest absolute Gasteiger partial charge is 0.237 e. The van der Waals surface area contributed by atoms with E-state index in [-0.39, 0.29) is 0 Å². The van der Waals surface area contributed by atoms with Crippen molar-refractivity contribution in [3.63, 3.8) is 0 Å². The summed E-state index contributed by atoms with van der Waals surface area (Å²) >= 11 is 3.40. The molecule has 2 nitrogen and oxygen atoms in total. The first-order valence-corrected chi connectivity index (χ1v) is 4.45. The van der Waals surface area contributed by atoms with Crippen LogP contribution in [0.2, 0.25) is 0 Å². The molecule has 0 saturated heterocycles. The van der Waals surface area contributed by atoms with E-state index in [0.717, 1.165) is 11.9 Å². The maximum atomic E-state index is 3.40. The predicted molar refractivity (Wildman–Crippen MR) is 44.1 cm³/mol. The van der Waals surface area contributed by atoms with E-state index in [1.807, 2.05) is 0 Å². The maximum Gasteiger partial charge on any atom is 0.253 e. The van der Waals surface area contributed by atoms with E-state index in [4.69, 9.17) is 0 Å². The van der Waals surface area contributed by atoms with Crippen molar-refractivity contribution < 1.29 is 4.57 Å². The molecular formula is C7H12BrN2+. The number of aryl methyl sites for hydroxylation is 2. The minimum Gasteiger partial charge on any atom is -0.237 e. The molecule has 0 aromatic carbocycles. The normalized spacial score (nSPS) is 10.3. The standard InChI is InChI=1S/C7H12BrN2/c1-7-9(2)5-6-10(7)4-3-8/h5-6H,3-4H2,1-2H3/q+1. The fourth-order valence-electron chi connectivity index (χ4n) is 0.926. The van der Waals surface area contributed by atoms with Gasteiger partial charge in [-0.25, -0.2) is 9.13 Å². The molecule has 0 aliphatic rings. The Labute approximate surface area is 69.6 Å². The molecule has 0 atom stereocenters. The van der Waals surface area contributed by atoms with Crippen LogP contribution < -0.4 is 4.57 Å². The number of imidazole rings is 1. The van der Waals surface area contributed by atoms with Gasteiger partial charge < -0.3 is 0 Å². The molecule has 0 unspecified atom stereocenters. The molecule has 0 spiro atoms. The third-order valence-electron chi connectivity index (χ3n) is 1.72. The van der Waals surface area contributed by atoms with Crippen LogP contribution in [-0.4, -0.2) is 9.90 Å². The summed E-state index contributed by atoms with van der Waals surface area (Å²) in [7, 11) is 2.06. The van der Waals surface area contributed by atoms with Crippen molar-refractivity contribution in [3.8, 4) is 0 Å². The highest BCUT2D eigenvalue weighted by atomic mass is 79.9. The minimum absolute atomic E-state index is 1.02. The second-order valence-corrected chi connectivity index (χ2v) is 3.13. The number of hydrogen-bond acceptors (Lipinski definition) is 0. The van der Waals surface area contributed by atoms with Crippen molar-refractivity contribution in [3.05, 3.63) is 18.2 Å². The summed E-state index contributed by atoms with van der Waals surface area (Å²) in [5.74, 6) is 1.29. The summed E-state index contributed by atoms with van der Waals surface area (Å²) in [4.78, 5) is 0. The van der Waals surface area contributed by atoms with Gasteiger partial charge in [0.1, 0.15) is 12.4 Å². The van der Waals surface area contributed by atoms with E-state index < -0.39 is 0 Å². The second kappa shape index (κ2) is 3.19. The first kappa shape index (κ1) is 7.79. The SMILES string of the molecule is Cc1n(CCBr)cc[n+]1C. The average Bonchev–Trinajstić information content (AvgIpc) is 2.20. The van der Waals surface area contributed by atoms with Crippen molar-refractivity contribution in [2.24, 2.45) is 7.05 Å². The highest BCUT2D eigenvalue weighted by Gasteiger charge is 2.05. The molecule has 0 aliphatic heterocycles. The van der Waals surface area contributed by atoms with E-state index in [1.54, 1.807) is 0 Å². The summed E-state index contributed by atoms with van der Waals surface area (Å²) in [6.45, 7) is 3.16. The second-order valence-electron chi connectivity index (χ2n) is 2.34. The van der Waals surface area contributed by atoms with Crippen LogP contribution in [0.3, 0.4) is 0 Å². The van der Waals surface area contributed by atoms with Gasteiger partial charge in [0.25, 0.3) is 5.82 Å². The highest BCUT2D eigenvalue weighted by molar-refractivity contribution is 9.09. The largest absolute Gasteiger partial charge is 0.253 e. The van der Waals surface area contributed by atoms with E-state index in [2.05, 4.69) is 51.4 Å². The summed E-state index contributed by atoms with van der Waals surface area (Å²) in [6, 6.07) is 0. The van der Waals surface area contributed by atoms with Crippen molar-refractivity contribution >= 4 is 15.9 Å². The van der Waals surface area contributed by atoms with E-state index >= 15 is 0 Å². The molecule has 1 aromatic heterocycles. The Morgan fingerprint density at radius 3 is 2.80 bits per heavy atom. The molecule has 0 aliphatic carbocycles. The number of halogens is 1. The summed E-state index contributed by atoms with van der Waals surface area (Å²) in [5.41, 5.74) is 0. The molecule has 3 heteroatoms. The minimum atomic E-state index is 1.02. The lowest BCUT2D eigenvalue weighted by Crippen LogP contribution is -2.29. The monoisotopic (exact) mass is 203 g/mol. The first-order chi connectivity index (χ1) is 4.75. The maximum absolute atomic E-state index is 3.40. The Bertz CT molecular complexity index is 217. The third-order valence-corrected chi connectivity index (χ3v) is 2.08. The van der Waals surface area contributed by atoms with Gasteiger partial charge in [0.15, 0.2) is 0 Å². The van der Waals surface area contributed by atoms with Crippen LogP contribution in [0.15, 0.2) is 12.4 Å². The first-order valence-electron chi connectivity index (χ1n) is 3.33. The molecular weight excluding hydrogens is 192 g/mol. The quantitative estimate of drug-likeness (QED) is 0.502. The van der Waals surface area contributed by atoms with Crippen LogP contribution in [0.4, 0.5) is 0 Å². The molecule has 1 rings (SSSR count). The Hall–Kier alpha value is -0.310. The van der Waals surface area contributed by atoms with Gasteiger partial charge in [0.2, 0.25) is 0 Å². The van der Waals surface area contributed by atoms with Crippen molar-refractivity contribution in [1.29, 1.82) is 0 Å². The Morgan fingerprint density at radius 1 is 1.70 bits per heavy atom. The molecule has 0 saturated carbocycles. The van der Waals surface area contributed by atoms with Crippen LogP contribution in [0.1, 0.15) is 5.82 Å². The zero-order valence-electron chi connectivity index (χ0n) is 6.34. The molecule has 0 radical (unpaired) electrons. The number of alkyl halides is 1. The summed E-state index contributed by atoms with van der Waals surface area (Å²) in [5, 5.41) is 1.02. The van der Waals surface area contributed by atoms with Crippen molar-refractivity contribution in [2.75, 3.05) is 5.33 Å². The Morgan fingerprint density at radius 2 is 2.40 bits per heavy atom. The van der Waals surface area contributed by atoms with Gasteiger partial charge in [0, 0.05) is 12.3 Å². The fourth-order valence-corrected chi connectivity index (χ4v) is 1.31. The third kappa shape index (κ3) is 1.40. The zero-order chi connectivity index (χ0) is 7.56. The van der Waals surface area contributed by atoms with Crippen molar-refractivity contribution in [1.82, 2.24) is 4.57 Å². The van der Waals surface area contributed by atoms with Gasteiger partial charge in [-0.3, -0.25) is 0 Å². The average molecular weight is 204 g/mol. The molecule has 1 aromatic rings. The summed E-state index contributed by atoms with van der Waals surface area (Å²) in [6.07, 6.45) is 4.16. The van der Waals surface area contributed by atoms with Gasteiger partial charge >= 0.3 is 0 Å². The van der Waals surface area contributed by atoms with Gasteiger partial charge in [-0.15, -0.1) is 0 Å². The van der Waals surface area contributed by atoms with Crippen LogP contribution in [0.5, 0.6) is 0 Å².